The van der Waals surface area contributed by atoms with E-state index in [1.807, 2.05) is 0 Å². The van der Waals surface area contributed by atoms with Crippen molar-refractivity contribution in [2.24, 2.45) is 0 Å². The molecule has 4 rings (SSSR count). The molecular formula is C21H20ClFN4O4S. The summed E-state index contributed by atoms with van der Waals surface area (Å²) in [6, 6.07) is 8.16. The Morgan fingerprint density at radius 1 is 1.19 bits per heavy atom. The van der Waals surface area contributed by atoms with E-state index in [1.165, 1.54) is 40.7 Å². The number of aromatic nitrogens is 2. The molecule has 0 bridgehead atoms. The molecule has 1 amide bonds. The molecule has 1 saturated heterocycles. The maximum absolute atomic E-state index is 14.6. The highest BCUT2D eigenvalue weighted by Crippen LogP contribution is 2.25. The molecule has 0 radical (unpaired) electrons. The van der Waals surface area contributed by atoms with Crippen molar-refractivity contribution in [3.8, 4) is 5.69 Å². The highest BCUT2D eigenvalue weighted by Gasteiger charge is 2.27. The number of nitrogens with one attached hydrogen (secondary N) is 1. The van der Waals surface area contributed by atoms with E-state index in [-0.39, 0.29) is 39.9 Å². The summed E-state index contributed by atoms with van der Waals surface area (Å²) in [6.45, 7) is 2.82. The number of anilines is 1. The fourth-order valence-corrected chi connectivity index (χ4v) is 5.02. The Kier molecular flexibility index (Phi) is 6.29. The number of aryl methyl sites for hydroxylation is 1. The highest BCUT2D eigenvalue weighted by atomic mass is 35.5. The molecule has 3 aromatic rings. The Morgan fingerprint density at radius 2 is 1.94 bits per heavy atom. The topological polar surface area (TPSA) is 93.5 Å². The zero-order chi connectivity index (χ0) is 22.9. The number of halogens is 2. The van der Waals surface area contributed by atoms with Gasteiger partial charge in [0.25, 0.3) is 5.91 Å². The Labute approximate surface area is 189 Å². The number of nitrogens with zero attached hydrogens (tertiary/aromatic N) is 3. The van der Waals surface area contributed by atoms with Crippen molar-refractivity contribution in [3.05, 3.63) is 71.0 Å². The van der Waals surface area contributed by atoms with Gasteiger partial charge in [0, 0.05) is 31.2 Å². The Balaban J connectivity index is 1.58. The van der Waals surface area contributed by atoms with Gasteiger partial charge < -0.3 is 14.6 Å². The largest absolute Gasteiger partial charge is 0.379 e. The van der Waals surface area contributed by atoms with Crippen molar-refractivity contribution in [3.63, 3.8) is 0 Å². The van der Waals surface area contributed by atoms with Gasteiger partial charge in [0.2, 0.25) is 10.0 Å². The second-order valence-electron chi connectivity index (χ2n) is 7.12. The van der Waals surface area contributed by atoms with Gasteiger partial charge in [-0.05, 0) is 43.3 Å². The molecular weight excluding hydrogens is 459 g/mol. The minimum atomic E-state index is -3.80. The molecule has 1 N–H and O–H groups in total. The first kappa shape index (κ1) is 22.4. The first-order valence-corrected chi connectivity index (χ1v) is 11.6. The normalized spacial score (nSPS) is 15.0. The zero-order valence-electron chi connectivity index (χ0n) is 17.1. The van der Waals surface area contributed by atoms with E-state index in [0.29, 0.717) is 19.0 Å². The molecule has 32 heavy (non-hydrogen) atoms. The molecule has 1 aliphatic rings. The van der Waals surface area contributed by atoms with E-state index in [2.05, 4.69) is 10.3 Å². The number of sulfonamides is 1. The van der Waals surface area contributed by atoms with Crippen LogP contribution < -0.4 is 5.32 Å². The third-order valence-corrected chi connectivity index (χ3v) is 7.31. The number of morpholine rings is 1. The third kappa shape index (κ3) is 4.40. The lowest BCUT2D eigenvalue weighted by Gasteiger charge is -2.26. The van der Waals surface area contributed by atoms with Crippen molar-refractivity contribution in [1.82, 2.24) is 13.9 Å². The van der Waals surface area contributed by atoms with E-state index < -0.39 is 21.7 Å². The molecule has 2 heterocycles. The zero-order valence-corrected chi connectivity index (χ0v) is 18.7. The first-order valence-electron chi connectivity index (χ1n) is 9.76. The van der Waals surface area contributed by atoms with Gasteiger partial charge in [-0.2, -0.15) is 4.31 Å². The van der Waals surface area contributed by atoms with Crippen LogP contribution in [0, 0.1) is 12.7 Å². The number of benzene rings is 2. The minimum absolute atomic E-state index is 0.0315. The second kappa shape index (κ2) is 8.99. The number of amides is 1. The smallest absolute Gasteiger partial charge is 0.257 e. The fourth-order valence-electron chi connectivity index (χ4n) is 3.39. The summed E-state index contributed by atoms with van der Waals surface area (Å²) in [5.74, 6) is -0.593. The number of carbonyl (C=O) groups excluding carboxylic acids is 1. The van der Waals surface area contributed by atoms with Crippen molar-refractivity contribution in [1.29, 1.82) is 0 Å². The Hall–Kier alpha value is -2.79. The van der Waals surface area contributed by atoms with Crippen LogP contribution in [0.4, 0.5) is 10.1 Å². The van der Waals surface area contributed by atoms with E-state index >= 15 is 0 Å². The van der Waals surface area contributed by atoms with Gasteiger partial charge >= 0.3 is 0 Å². The van der Waals surface area contributed by atoms with Gasteiger partial charge in [0.05, 0.1) is 34.4 Å². The molecule has 1 fully saturated rings. The maximum Gasteiger partial charge on any atom is 0.257 e. The van der Waals surface area contributed by atoms with E-state index in [1.54, 1.807) is 23.9 Å². The van der Waals surface area contributed by atoms with Gasteiger partial charge in [-0.25, -0.2) is 17.8 Å². The van der Waals surface area contributed by atoms with Crippen LogP contribution in [-0.4, -0.2) is 54.5 Å². The molecule has 1 aromatic heterocycles. The molecule has 0 atom stereocenters. The molecule has 0 aliphatic carbocycles. The van der Waals surface area contributed by atoms with E-state index in [0.717, 1.165) is 0 Å². The van der Waals surface area contributed by atoms with Crippen molar-refractivity contribution < 1.29 is 22.3 Å². The number of hydrogen-bond donors (Lipinski definition) is 1. The molecule has 168 valence electrons. The summed E-state index contributed by atoms with van der Waals surface area (Å²) in [4.78, 5) is 16.8. The SMILES string of the molecule is Cc1nccn1-c1ccc(NC(=O)c2cc(S(=O)(=O)N3CCOCC3)ccc2Cl)cc1F. The van der Waals surface area contributed by atoms with Crippen LogP contribution in [0.15, 0.2) is 53.7 Å². The molecule has 8 nitrogen and oxygen atoms in total. The standard InChI is InChI=1S/C21H20ClFN4O4S/c1-14-24-6-7-27(14)20-5-2-15(12-19(20)23)25-21(28)17-13-16(3-4-18(17)22)32(29,30)26-8-10-31-11-9-26/h2-7,12-13H,8-11H2,1H3,(H,25,28). The Morgan fingerprint density at radius 3 is 2.59 bits per heavy atom. The van der Waals surface area contributed by atoms with Crippen molar-refractivity contribution >= 4 is 33.2 Å². The summed E-state index contributed by atoms with van der Waals surface area (Å²) in [5.41, 5.74) is 0.456. The summed E-state index contributed by atoms with van der Waals surface area (Å²) in [5, 5.41) is 2.65. The highest BCUT2D eigenvalue weighted by molar-refractivity contribution is 7.89. The lowest BCUT2D eigenvalue weighted by atomic mass is 10.2. The predicted molar refractivity (Wildman–Crippen MR) is 117 cm³/mol. The molecule has 0 spiro atoms. The van der Waals surface area contributed by atoms with Gasteiger partial charge in [-0.1, -0.05) is 11.6 Å². The average Bonchev–Trinajstić information content (AvgIpc) is 3.20. The lowest BCUT2D eigenvalue weighted by molar-refractivity contribution is 0.0730. The monoisotopic (exact) mass is 478 g/mol. The third-order valence-electron chi connectivity index (χ3n) is 5.08. The molecule has 11 heteroatoms. The number of ether oxygens (including phenoxy) is 1. The van der Waals surface area contributed by atoms with Gasteiger partial charge in [-0.3, -0.25) is 4.79 Å². The number of carbonyl (C=O) groups is 1. The van der Waals surface area contributed by atoms with Gasteiger partial charge in [0.1, 0.15) is 11.6 Å². The van der Waals surface area contributed by atoms with E-state index in [9.17, 15) is 17.6 Å². The quantitative estimate of drug-likeness (QED) is 0.607. The van der Waals surface area contributed by atoms with E-state index in [4.69, 9.17) is 16.3 Å². The van der Waals surface area contributed by atoms with Crippen LogP contribution in [0.3, 0.4) is 0 Å². The summed E-state index contributed by atoms with van der Waals surface area (Å²) < 4.78 is 48.5. The molecule has 2 aromatic carbocycles. The number of hydrogen-bond acceptors (Lipinski definition) is 5. The van der Waals surface area contributed by atoms with Crippen LogP contribution in [0.25, 0.3) is 5.69 Å². The molecule has 0 unspecified atom stereocenters. The lowest BCUT2D eigenvalue weighted by Crippen LogP contribution is -2.40. The fraction of sp³-hybridized carbons (Fsp3) is 0.238. The summed E-state index contributed by atoms with van der Waals surface area (Å²) in [6.07, 6.45) is 3.19. The van der Waals surface area contributed by atoms with Gasteiger partial charge in [-0.15, -0.1) is 0 Å². The van der Waals surface area contributed by atoms with Crippen LogP contribution in [-0.2, 0) is 14.8 Å². The number of rotatable bonds is 5. The summed E-state index contributed by atoms with van der Waals surface area (Å²) >= 11 is 6.16. The van der Waals surface area contributed by atoms with Crippen LogP contribution in [0.1, 0.15) is 16.2 Å². The van der Waals surface area contributed by atoms with Crippen molar-refractivity contribution in [2.75, 3.05) is 31.6 Å². The summed E-state index contributed by atoms with van der Waals surface area (Å²) in [7, 11) is -3.80. The predicted octanol–water partition coefficient (Wildman–Crippen LogP) is 3.25. The van der Waals surface area contributed by atoms with Crippen LogP contribution in [0.2, 0.25) is 5.02 Å². The van der Waals surface area contributed by atoms with Crippen molar-refractivity contribution in [2.45, 2.75) is 11.8 Å². The Bertz CT molecular complexity index is 1270. The van der Waals surface area contributed by atoms with Crippen LogP contribution >= 0.6 is 11.6 Å². The van der Waals surface area contributed by atoms with Gasteiger partial charge in [0.15, 0.2) is 0 Å². The molecule has 0 saturated carbocycles. The van der Waals surface area contributed by atoms with Crippen LogP contribution in [0.5, 0.6) is 0 Å². The molecule has 1 aliphatic heterocycles. The minimum Gasteiger partial charge on any atom is -0.379 e. The number of imidazole rings is 1. The first-order chi connectivity index (χ1) is 15.3. The second-order valence-corrected chi connectivity index (χ2v) is 9.47. The average molecular weight is 479 g/mol. The maximum atomic E-state index is 14.6.